The van der Waals surface area contributed by atoms with Crippen LogP contribution in [0.5, 0.6) is 11.5 Å². The van der Waals surface area contributed by atoms with Gasteiger partial charge in [-0.25, -0.2) is 17.5 Å². The third kappa shape index (κ3) is 10.1. The number of hydrogen-bond donors (Lipinski definition) is 2. The first-order valence-electron chi connectivity index (χ1n) is 15.8. The zero-order valence-electron chi connectivity index (χ0n) is 27.4. The maximum Gasteiger partial charge on any atom is 0.243 e. The summed E-state index contributed by atoms with van der Waals surface area (Å²) in [5.74, 6) is 0.225. The van der Waals surface area contributed by atoms with Crippen LogP contribution < -0.4 is 19.5 Å². The molecule has 0 bridgehead atoms. The predicted molar refractivity (Wildman–Crippen MR) is 183 cm³/mol. The average molecular weight is 676 g/mol. The molecule has 48 heavy (non-hydrogen) atoms. The fourth-order valence-electron chi connectivity index (χ4n) is 5.33. The summed E-state index contributed by atoms with van der Waals surface area (Å²) < 4.78 is 51.7. The maximum absolute atomic E-state index is 14.0. The highest BCUT2D eigenvalue weighted by Crippen LogP contribution is 2.27. The minimum Gasteiger partial charge on any atom is -0.493 e. The second-order valence-corrected chi connectivity index (χ2v) is 13.0. The van der Waals surface area contributed by atoms with E-state index in [0.717, 1.165) is 16.7 Å². The van der Waals surface area contributed by atoms with Gasteiger partial charge < -0.3 is 19.7 Å². The van der Waals surface area contributed by atoms with E-state index < -0.39 is 21.9 Å². The lowest BCUT2D eigenvalue weighted by Gasteiger charge is -2.32. The molecule has 2 N–H and O–H groups in total. The van der Waals surface area contributed by atoms with E-state index in [4.69, 9.17) is 9.47 Å². The SMILES string of the molecule is CCNS(=O)(=O)c1ccc(CCC(=O)N(Cc2ccc(F)cc2)[C@H](Cc2ccccc2)C(=O)NCCc2ccc(OC)c(OC)c2)cc1. The van der Waals surface area contributed by atoms with Crippen LogP contribution in [-0.2, 0) is 45.4 Å². The zero-order chi connectivity index (χ0) is 34.5. The summed E-state index contributed by atoms with van der Waals surface area (Å²) in [6.45, 7) is 2.40. The molecule has 11 heteroatoms. The van der Waals surface area contributed by atoms with E-state index in [9.17, 15) is 22.4 Å². The fourth-order valence-corrected chi connectivity index (χ4v) is 6.37. The Morgan fingerprint density at radius 1 is 0.792 bits per heavy atom. The standard InChI is InChI=1S/C37H42FN3O6S/c1-4-40-48(44,45)32-18-12-27(13-19-32)15-21-36(42)41(26-30-10-16-31(38)17-11-30)33(24-28-8-6-5-7-9-28)37(43)39-23-22-29-14-20-34(46-2)35(25-29)47-3/h5-14,16-20,25,33,40H,4,15,21-24,26H2,1-3H3,(H,39,43)/t33-/m1/s1. The number of hydrogen-bond acceptors (Lipinski definition) is 6. The Morgan fingerprint density at radius 3 is 2.08 bits per heavy atom. The number of halogens is 1. The van der Waals surface area contributed by atoms with Crippen LogP contribution >= 0.6 is 0 Å². The van der Waals surface area contributed by atoms with Crippen molar-refractivity contribution >= 4 is 21.8 Å². The molecule has 0 saturated heterocycles. The third-order valence-electron chi connectivity index (χ3n) is 7.89. The van der Waals surface area contributed by atoms with Crippen LogP contribution in [0.2, 0.25) is 0 Å². The molecule has 4 aromatic carbocycles. The number of amides is 2. The van der Waals surface area contributed by atoms with E-state index in [-0.39, 0.29) is 42.6 Å². The first-order chi connectivity index (χ1) is 23.1. The molecule has 0 radical (unpaired) electrons. The minimum absolute atomic E-state index is 0.0741. The Balaban J connectivity index is 1.56. The Labute approximate surface area is 282 Å². The fraction of sp³-hybridized carbons (Fsp3) is 0.297. The third-order valence-corrected chi connectivity index (χ3v) is 9.46. The normalized spacial score (nSPS) is 11.8. The average Bonchev–Trinajstić information content (AvgIpc) is 3.10. The van der Waals surface area contributed by atoms with E-state index in [1.54, 1.807) is 50.3 Å². The molecule has 2 amide bonds. The molecule has 1 atom stereocenters. The number of carbonyl (C=O) groups is 2. The van der Waals surface area contributed by atoms with Gasteiger partial charge in [-0.1, -0.05) is 67.6 Å². The number of aryl methyl sites for hydroxylation is 1. The summed E-state index contributed by atoms with van der Waals surface area (Å²) in [5.41, 5.74) is 3.28. The molecule has 0 saturated carbocycles. The Kier molecular flexibility index (Phi) is 13.1. The molecule has 254 valence electrons. The lowest BCUT2D eigenvalue weighted by atomic mass is 10.0. The largest absolute Gasteiger partial charge is 0.493 e. The Morgan fingerprint density at radius 2 is 1.44 bits per heavy atom. The molecule has 0 aliphatic rings. The topological polar surface area (TPSA) is 114 Å². The van der Waals surface area contributed by atoms with Gasteiger partial charge in [0.2, 0.25) is 21.8 Å². The number of nitrogens with zero attached hydrogens (tertiary/aromatic N) is 1. The summed E-state index contributed by atoms with van der Waals surface area (Å²) in [4.78, 5) is 29.6. The molecular formula is C37H42FN3O6S. The molecule has 9 nitrogen and oxygen atoms in total. The number of sulfonamides is 1. The molecule has 0 fully saturated rings. The van der Waals surface area contributed by atoms with Gasteiger partial charge in [-0.15, -0.1) is 0 Å². The molecule has 0 spiro atoms. The van der Waals surface area contributed by atoms with E-state index in [1.807, 2.05) is 48.5 Å². The first kappa shape index (κ1) is 36.1. The van der Waals surface area contributed by atoms with E-state index >= 15 is 0 Å². The van der Waals surface area contributed by atoms with Gasteiger partial charge >= 0.3 is 0 Å². The summed E-state index contributed by atoms with van der Waals surface area (Å²) >= 11 is 0. The Bertz CT molecular complexity index is 1750. The molecule has 0 aromatic heterocycles. The predicted octanol–water partition coefficient (Wildman–Crippen LogP) is 5.07. The number of nitrogens with one attached hydrogen (secondary N) is 2. The van der Waals surface area contributed by atoms with Crippen LogP contribution in [0.25, 0.3) is 0 Å². The molecular weight excluding hydrogens is 633 g/mol. The number of methoxy groups -OCH3 is 2. The summed E-state index contributed by atoms with van der Waals surface area (Å²) in [6, 6.07) is 26.5. The molecule has 4 rings (SSSR count). The number of benzene rings is 4. The maximum atomic E-state index is 14.0. The number of rotatable bonds is 17. The summed E-state index contributed by atoms with van der Waals surface area (Å²) in [5, 5.41) is 3.02. The molecule has 0 aliphatic carbocycles. The van der Waals surface area contributed by atoms with Crippen LogP contribution in [0, 0.1) is 5.82 Å². The van der Waals surface area contributed by atoms with Gasteiger partial charge in [-0.3, -0.25) is 9.59 Å². The highest BCUT2D eigenvalue weighted by molar-refractivity contribution is 7.89. The van der Waals surface area contributed by atoms with Crippen molar-refractivity contribution in [3.8, 4) is 11.5 Å². The van der Waals surface area contributed by atoms with Crippen molar-refractivity contribution in [2.24, 2.45) is 0 Å². The van der Waals surface area contributed by atoms with Crippen molar-refractivity contribution in [2.75, 3.05) is 27.3 Å². The highest BCUT2D eigenvalue weighted by Gasteiger charge is 2.30. The quantitative estimate of drug-likeness (QED) is 0.162. The number of ether oxygens (including phenoxy) is 2. The second-order valence-electron chi connectivity index (χ2n) is 11.2. The van der Waals surface area contributed by atoms with Crippen LogP contribution in [0.1, 0.15) is 35.6 Å². The van der Waals surface area contributed by atoms with Crippen molar-refractivity contribution in [1.29, 1.82) is 0 Å². The summed E-state index contributed by atoms with van der Waals surface area (Å²) in [7, 11) is -0.469. The van der Waals surface area contributed by atoms with Gasteiger partial charge in [0, 0.05) is 32.5 Å². The van der Waals surface area contributed by atoms with Gasteiger partial charge in [0.25, 0.3) is 0 Å². The lowest BCUT2D eigenvalue weighted by Crippen LogP contribution is -2.50. The van der Waals surface area contributed by atoms with Gasteiger partial charge in [-0.2, -0.15) is 0 Å². The first-order valence-corrected chi connectivity index (χ1v) is 17.3. The summed E-state index contributed by atoms with van der Waals surface area (Å²) in [6.07, 6.45) is 1.20. The molecule has 0 heterocycles. The lowest BCUT2D eigenvalue weighted by molar-refractivity contribution is -0.141. The van der Waals surface area contributed by atoms with Crippen molar-refractivity contribution in [3.63, 3.8) is 0 Å². The molecule has 0 unspecified atom stereocenters. The van der Waals surface area contributed by atoms with Gasteiger partial charge in [0.1, 0.15) is 11.9 Å². The molecule has 4 aromatic rings. The monoisotopic (exact) mass is 675 g/mol. The van der Waals surface area contributed by atoms with Crippen LogP contribution in [0.4, 0.5) is 4.39 Å². The van der Waals surface area contributed by atoms with Crippen molar-refractivity contribution in [1.82, 2.24) is 14.9 Å². The smallest absolute Gasteiger partial charge is 0.243 e. The van der Waals surface area contributed by atoms with E-state index in [2.05, 4.69) is 10.0 Å². The second kappa shape index (κ2) is 17.4. The Hall–Kier alpha value is -4.74. The highest BCUT2D eigenvalue weighted by atomic mass is 32.2. The van der Waals surface area contributed by atoms with Crippen molar-refractivity contribution in [2.45, 2.75) is 50.1 Å². The van der Waals surface area contributed by atoms with Crippen molar-refractivity contribution < 1.29 is 31.9 Å². The van der Waals surface area contributed by atoms with E-state index in [1.165, 1.54) is 24.3 Å². The number of carbonyl (C=O) groups excluding carboxylic acids is 2. The van der Waals surface area contributed by atoms with Gasteiger partial charge in [0.05, 0.1) is 19.1 Å². The van der Waals surface area contributed by atoms with Crippen LogP contribution in [0.3, 0.4) is 0 Å². The van der Waals surface area contributed by atoms with Gasteiger partial charge in [-0.05, 0) is 71.5 Å². The molecule has 0 aliphatic heterocycles. The zero-order valence-corrected chi connectivity index (χ0v) is 28.3. The van der Waals surface area contributed by atoms with Crippen LogP contribution in [0.15, 0.2) is 102 Å². The minimum atomic E-state index is -3.60. The van der Waals surface area contributed by atoms with Crippen LogP contribution in [-0.4, -0.2) is 58.5 Å². The van der Waals surface area contributed by atoms with E-state index in [0.29, 0.717) is 36.4 Å². The van der Waals surface area contributed by atoms with Gasteiger partial charge in [0.15, 0.2) is 11.5 Å². The van der Waals surface area contributed by atoms with Crippen molar-refractivity contribution in [3.05, 3.63) is 125 Å².